The molecule has 4 nitrogen and oxygen atoms in total. The molecule has 0 spiro atoms. The molecule has 19 heavy (non-hydrogen) atoms. The van der Waals surface area contributed by atoms with E-state index in [1.54, 1.807) is 0 Å². The zero-order chi connectivity index (χ0) is 14.3. The molecule has 0 aromatic carbocycles. The number of carbonyl (C=O) groups excluding carboxylic acids is 1. The van der Waals surface area contributed by atoms with Crippen LogP contribution in [0.15, 0.2) is 0 Å². The number of hydrogen-bond acceptors (Lipinski definition) is 4. The zero-order valence-corrected chi connectivity index (χ0v) is 12.6. The van der Waals surface area contributed by atoms with Crippen molar-refractivity contribution in [1.82, 2.24) is 0 Å². The Bertz CT molecular complexity index is 271. The molecular formula is C15H29NO3. The lowest BCUT2D eigenvalue weighted by Crippen LogP contribution is -2.43. The summed E-state index contributed by atoms with van der Waals surface area (Å²) < 4.78 is 10.8. The highest BCUT2D eigenvalue weighted by molar-refractivity contribution is 5.77. The van der Waals surface area contributed by atoms with Crippen LogP contribution >= 0.6 is 0 Å². The van der Waals surface area contributed by atoms with E-state index in [2.05, 4.69) is 20.8 Å². The zero-order valence-electron chi connectivity index (χ0n) is 12.6. The summed E-state index contributed by atoms with van der Waals surface area (Å²) >= 11 is 0. The summed E-state index contributed by atoms with van der Waals surface area (Å²) in [7, 11) is 0. The van der Waals surface area contributed by atoms with E-state index in [0.29, 0.717) is 38.2 Å². The highest BCUT2D eigenvalue weighted by atomic mass is 16.6. The van der Waals surface area contributed by atoms with E-state index in [9.17, 15) is 4.79 Å². The van der Waals surface area contributed by atoms with Crippen LogP contribution in [0.1, 0.15) is 46.5 Å². The van der Waals surface area contributed by atoms with Gasteiger partial charge in [-0.25, -0.2) is 0 Å². The lowest BCUT2D eigenvalue weighted by Gasteiger charge is -2.36. The third kappa shape index (κ3) is 5.11. The van der Waals surface area contributed by atoms with E-state index < -0.39 is 5.41 Å². The van der Waals surface area contributed by atoms with E-state index in [0.717, 1.165) is 25.7 Å². The molecule has 112 valence electrons. The molecule has 1 saturated carbocycles. The van der Waals surface area contributed by atoms with Crippen molar-refractivity contribution in [3.63, 3.8) is 0 Å². The average Bonchev–Trinajstić information content (AvgIpc) is 2.39. The van der Waals surface area contributed by atoms with Crippen LogP contribution in [-0.4, -0.2) is 32.3 Å². The topological polar surface area (TPSA) is 61.5 Å². The molecule has 4 heteroatoms. The van der Waals surface area contributed by atoms with Crippen LogP contribution in [0, 0.1) is 17.3 Å². The van der Waals surface area contributed by atoms with Crippen molar-refractivity contribution in [1.29, 1.82) is 0 Å². The van der Waals surface area contributed by atoms with Crippen molar-refractivity contribution in [2.75, 3.05) is 26.4 Å². The maximum Gasteiger partial charge on any atom is 0.313 e. The molecule has 0 unspecified atom stereocenters. The van der Waals surface area contributed by atoms with Crippen molar-refractivity contribution in [2.45, 2.75) is 46.5 Å². The van der Waals surface area contributed by atoms with Crippen molar-refractivity contribution in [3.8, 4) is 0 Å². The minimum Gasteiger partial charge on any atom is -0.463 e. The maximum atomic E-state index is 12.2. The van der Waals surface area contributed by atoms with Crippen molar-refractivity contribution in [2.24, 2.45) is 23.0 Å². The van der Waals surface area contributed by atoms with Crippen LogP contribution in [-0.2, 0) is 14.3 Å². The van der Waals surface area contributed by atoms with E-state index in [-0.39, 0.29) is 5.97 Å². The van der Waals surface area contributed by atoms with Gasteiger partial charge in [0.25, 0.3) is 0 Å². The molecule has 2 N–H and O–H groups in total. The number of ether oxygens (including phenoxy) is 2. The molecular weight excluding hydrogens is 242 g/mol. The molecule has 0 radical (unpaired) electrons. The van der Waals surface area contributed by atoms with Crippen molar-refractivity contribution < 1.29 is 14.3 Å². The van der Waals surface area contributed by atoms with Gasteiger partial charge in [-0.05, 0) is 37.5 Å². The first-order chi connectivity index (χ1) is 9.00. The third-order valence-electron chi connectivity index (χ3n) is 3.97. The summed E-state index contributed by atoms with van der Waals surface area (Å²) in [6.45, 7) is 8.33. The quantitative estimate of drug-likeness (QED) is 0.570. The molecule has 1 aliphatic rings. The molecule has 1 fully saturated rings. The van der Waals surface area contributed by atoms with E-state index in [4.69, 9.17) is 15.2 Å². The molecule has 0 saturated heterocycles. The molecule has 0 bridgehead atoms. The summed E-state index contributed by atoms with van der Waals surface area (Å²) in [5.41, 5.74) is 5.38. The second kappa shape index (κ2) is 7.85. The first kappa shape index (κ1) is 16.4. The van der Waals surface area contributed by atoms with Gasteiger partial charge >= 0.3 is 5.97 Å². The van der Waals surface area contributed by atoms with Gasteiger partial charge in [-0.15, -0.1) is 0 Å². The monoisotopic (exact) mass is 271 g/mol. The highest BCUT2D eigenvalue weighted by Crippen LogP contribution is 2.39. The molecule has 0 atom stereocenters. The summed E-state index contributed by atoms with van der Waals surface area (Å²) in [4.78, 5) is 12.2. The predicted molar refractivity (Wildman–Crippen MR) is 75.7 cm³/mol. The van der Waals surface area contributed by atoms with E-state index in [1.165, 1.54) is 0 Å². The molecule has 0 amide bonds. The Kier molecular flexibility index (Phi) is 6.80. The molecule has 0 aromatic heterocycles. The lowest BCUT2D eigenvalue weighted by atomic mass is 9.71. The fraction of sp³-hybridized carbons (Fsp3) is 0.933. The molecule has 0 aliphatic heterocycles. The Morgan fingerprint density at radius 1 is 1.32 bits per heavy atom. The van der Waals surface area contributed by atoms with Gasteiger partial charge in [0.1, 0.15) is 6.61 Å². The number of nitrogens with two attached hydrogens (primary N) is 1. The minimum atomic E-state index is -0.440. The maximum absolute atomic E-state index is 12.2. The van der Waals surface area contributed by atoms with Crippen LogP contribution < -0.4 is 5.73 Å². The van der Waals surface area contributed by atoms with E-state index in [1.807, 2.05) is 0 Å². The summed E-state index contributed by atoms with van der Waals surface area (Å²) in [6, 6.07) is 0. The molecule has 1 aliphatic carbocycles. The fourth-order valence-electron chi connectivity index (χ4n) is 2.47. The van der Waals surface area contributed by atoms with Crippen LogP contribution in [0.25, 0.3) is 0 Å². The van der Waals surface area contributed by atoms with Gasteiger partial charge in [-0.1, -0.05) is 20.8 Å². The Labute approximate surface area is 117 Å². The van der Waals surface area contributed by atoms with Gasteiger partial charge in [0, 0.05) is 13.2 Å². The summed E-state index contributed by atoms with van der Waals surface area (Å²) in [5, 5.41) is 0. The molecule has 0 aromatic rings. The highest BCUT2D eigenvalue weighted by Gasteiger charge is 2.41. The number of esters is 1. The second-order valence-corrected chi connectivity index (χ2v) is 6.27. The Morgan fingerprint density at radius 3 is 2.47 bits per heavy atom. The SMILES string of the molecule is CC(C)COCCOC(=O)C1(CN)CCC(C)CC1. The van der Waals surface area contributed by atoms with Gasteiger partial charge < -0.3 is 15.2 Å². The first-order valence-corrected chi connectivity index (χ1v) is 7.45. The summed E-state index contributed by atoms with van der Waals surface area (Å²) in [5.74, 6) is 1.07. The van der Waals surface area contributed by atoms with Gasteiger partial charge in [0.15, 0.2) is 0 Å². The standard InChI is InChI=1S/C15H29NO3/c1-12(2)10-18-8-9-19-14(17)15(11-16)6-4-13(3)5-7-15/h12-13H,4-11,16H2,1-3H3. The van der Waals surface area contributed by atoms with Crippen molar-refractivity contribution >= 4 is 5.97 Å². The second-order valence-electron chi connectivity index (χ2n) is 6.27. The lowest BCUT2D eigenvalue weighted by molar-refractivity contribution is -0.159. The molecule has 1 rings (SSSR count). The van der Waals surface area contributed by atoms with Crippen LogP contribution in [0.5, 0.6) is 0 Å². The van der Waals surface area contributed by atoms with E-state index >= 15 is 0 Å². The fourth-order valence-corrected chi connectivity index (χ4v) is 2.47. The van der Waals surface area contributed by atoms with Gasteiger partial charge in [-0.2, -0.15) is 0 Å². The molecule has 0 heterocycles. The van der Waals surface area contributed by atoms with Crippen LogP contribution in [0.3, 0.4) is 0 Å². The minimum absolute atomic E-state index is 0.130. The largest absolute Gasteiger partial charge is 0.463 e. The third-order valence-corrected chi connectivity index (χ3v) is 3.97. The predicted octanol–water partition coefficient (Wildman–Crippen LogP) is 2.36. The van der Waals surface area contributed by atoms with Crippen LogP contribution in [0.2, 0.25) is 0 Å². The van der Waals surface area contributed by atoms with Gasteiger partial charge in [0.2, 0.25) is 0 Å². The Balaban J connectivity index is 2.30. The number of carbonyl (C=O) groups is 1. The number of hydrogen-bond donors (Lipinski definition) is 1. The number of rotatable bonds is 7. The Morgan fingerprint density at radius 2 is 1.95 bits per heavy atom. The Hall–Kier alpha value is -0.610. The van der Waals surface area contributed by atoms with Gasteiger partial charge in [-0.3, -0.25) is 4.79 Å². The van der Waals surface area contributed by atoms with Crippen molar-refractivity contribution in [3.05, 3.63) is 0 Å². The van der Waals surface area contributed by atoms with Gasteiger partial charge in [0.05, 0.1) is 12.0 Å². The normalized spacial score (nSPS) is 27.5. The summed E-state index contributed by atoms with van der Waals surface area (Å²) in [6.07, 6.45) is 3.85. The average molecular weight is 271 g/mol. The smallest absolute Gasteiger partial charge is 0.313 e. The first-order valence-electron chi connectivity index (χ1n) is 7.45. The van der Waals surface area contributed by atoms with Crippen LogP contribution in [0.4, 0.5) is 0 Å².